The molecule has 172 valence electrons. The Morgan fingerprint density at radius 3 is 2.56 bits per heavy atom. The molecule has 0 aromatic heterocycles. The Morgan fingerprint density at radius 1 is 1.03 bits per heavy atom. The molecule has 34 heavy (non-hydrogen) atoms. The van der Waals surface area contributed by atoms with Crippen molar-refractivity contribution in [3.8, 4) is 11.5 Å². The van der Waals surface area contributed by atoms with Gasteiger partial charge in [0.1, 0.15) is 6.04 Å². The summed E-state index contributed by atoms with van der Waals surface area (Å²) in [6.07, 6.45) is -0.108. The molecular formula is C26H21ClN2O5. The highest BCUT2D eigenvalue weighted by Crippen LogP contribution is 2.34. The van der Waals surface area contributed by atoms with Crippen LogP contribution in [0.5, 0.6) is 11.5 Å². The van der Waals surface area contributed by atoms with E-state index in [1.165, 1.54) is 4.90 Å². The number of carbonyl (C=O) groups excluding carboxylic acids is 3. The van der Waals surface area contributed by atoms with Crippen molar-refractivity contribution in [1.29, 1.82) is 0 Å². The number of hydrogen-bond donors (Lipinski definition) is 0. The van der Waals surface area contributed by atoms with Gasteiger partial charge in [0, 0.05) is 17.1 Å². The lowest BCUT2D eigenvalue weighted by Gasteiger charge is -2.28. The zero-order valence-corrected chi connectivity index (χ0v) is 19.1. The van der Waals surface area contributed by atoms with Crippen LogP contribution in [-0.2, 0) is 16.1 Å². The van der Waals surface area contributed by atoms with Gasteiger partial charge in [-0.2, -0.15) is 0 Å². The Kier molecular flexibility index (Phi) is 5.71. The summed E-state index contributed by atoms with van der Waals surface area (Å²) in [6, 6.07) is 18.1. The van der Waals surface area contributed by atoms with E-state index in [2.05, 4.69) is 0 Å². The molecule has 1 fully saturated rings. The van der Waals surface area contributed by atoms with E-state index < -0.39 is 11.9 Å². The van der Waals surface area contributed by atoms with Gasteiger partial charge in [-0.15, -0.1) is 0 Å². The fourth-order valence-corrected chi connectivity index (χ4v) is 4.35. The van der Waals surface area contributed by atoms with Gasteiger partial charge < -0.3 is 14.4 Å². The monoisotopic (exact) mass is 476 g/mol. The van der Waals surface area contributed by atoms with Gasteiger partial charge in [-0.25, -0.2) is 4.90 Å². The van der Waals surface area contributed by atoms with Crippen LogP contribution in [0.25, 0.3) is 0 Å². The van der Waals surface area contributed by atoms with Crippen molar-refractivity contribution in [1.82, 2.24) is 4.90 Å². The zero-order valence-electron chi connectivity index (χ0n) is 18.4. The lowest BCUT2D eigenvalue weighted by molar-refractivity contribution is -0.122. The lowest BCUT2D eigenvalue weighted by Crippen LogP contribution is -2.45. The highest BCUT2D eigenvalue weighted by atomic mass is 35.5. The van der Waals surface area contributed by atoms with Gasteiger partial charge in [-0.3, -0.25) is 14.4 Å². The number of halogens is 1. The molecule has 1 atom stereocenters. The Hall–Kier alpha value is -3.84. The molecular weight excluding hydrogens is 456 g/mol. The van der Waals surface area contributed by atoms with Gasteiger partial charge in [-0.1, -0.05) is 35.4 Å². The SMILES string of the molecule is Cc1cccc(C(=O)N(Cc2ccc3c(c2)OCO3)C2CC(=O)N(c3ccc(Cl)cc3)C2=O)c1. The minimum atomic E-state index is -0.943. The van der Waals surface area contributed by atoms with Gasteiger partial charge in [0.15, 0.2) is 11.5 Å². The molecule has 2 heterocycles. The van der Waals surface area contributed by atoms with Crippen LogP contribution in [0.3, 0.4) is 0 Å². The first kappa shape index (κ1) is 22.0. The molecule has 5 rings (SSSR count). The number of fused-ring (bicyclic) bond motifs is 1. The van der Waals surface area contributed by atoms with Crippen molar-refractivity contribution in [3.05, 3.63) is 88.4 Å². The molecule has 8 heteroatoms. The van der Waals surface area contributed by atoms with Crippen LogP contribution >= 0.6 is 11.6 Å². The smallest absolute Gasteiger partial charge is 0.257 e. The number of amides is 3. The van der Waals surface area contributed by atoms with Gasteiger partial charge in [-0.05, 0) is 61.0 Å². The summed E-state index contributed by atoms with van der Waals surface area (Å²) >= 11 is 5.96. The Balaban J connectivity index is 1.50. The standard InChI is InChI=1S/C26H21ClN2O5/c1-16-3-2-4-18(11-16)25(31)28(14-17-5-10-22-23(12-17)34-15-33-22)21-13-24(30)29(26(21)32)20-8-6-19(27)7-9-20/h2-12,21H,13-15H2,1H3. The van der Waals surface area contributed by atoms with Crippen LogP contribution in [0.4, 0.5) is 5.69 Å². The molecule has 3 aromatic carbocycles. The van der Waals surface area contributed by atoms with E-state index in [9.17, 15) is 14.4 Å². The predicted octanol–water partition coefficient (Wildman–Crippen LogP) is 4.35. The van der Waals surface area contributed by atoms with E-state index in [0.717, 1.165) is 16.0 Å². The first-order valence-corrected chi connectivity index (χ1v) is 11.2. The van der Waals surface area contributed by atoms with Gasteiger partial charge in [0.25, 0.3) is 11.8 Å². The molecule has 3 aromatic rings. The van der Waals surface area contributed by atoms with Gasteiger partial charge in [0.05, 0.1) is 12.1 Å². The quantitative estimate of drug-likeness (QED) is 0.512. The van der Waals surface area contributed by atoms with Crippen LogP contribution in [0.2, 0.25) is 5.02 Å². The Labute approximate surface area is 201 Å². The number of imide groups is 1. The number of hydrogen-bond acceptors (Lipinski definition) is 5. The van der Waals surface area contributed by atoms with Crippen LogP contribution in [-0.4, -0.2) is 35.5 Å². The maximum absolute atomic E-state index is 13.6. The molecule has 0 spiro atoms. The fraction of sp³-hybridized carbons (Fsp3) is 0.192. The molecule has 3 amide bonds. The first-order valence-electron chi connectivity index (χ1n) is 10.8. The Bertz CT molecular complexity index is 1290. The van der Waals surface area contributed by atoms with E-state index in [1.54, 1.807) is 54.6 Å². The maximum atomic E-state index is 13.6. The largest absolute Gasteiger partial charge is 0.454 e. The van der Waals surface area contributed by atoms with E-state index in [1.807, 2.05) is 19.1 Å². The highest BCUT2D eigenvalue weighted by Gasteiger charge is 2.44. The summed E-state index contributed by atoms with van der Waals surface area (Å²) in [6.45, 7) is 2.16. The van der Waals surface area contributed by atoms with Crippen LogP contribution in [0, 0.1) is 6.92 Å². The molecule has 0 aliphatic carbocycles. The average molecular weight is 477 g/mol. The Morgan fingerprint density at radius 2 is 1.79 bits per heavy atom. The molecule has 0 N–H and O–H groups in total. The molecule has 7 nitrogen and oxygen atoms in total. The van der Waals surface area contributed by atoms with Crippen LogP contribution in [0.15, 0.2) is 66.7 Å². The summed E-state index contributed by atoms with van der Waals surface area (Å²) in [4.78, 5) is 42.6. The number of carbonyl (C=O) groups is 3. The number of anilines is 1. The highest BCUT2D eigenvalue weighted by molar-refractivity contribution is 6.31. The van der Waals surface area contributed by atoms with Gasteiger partial charge >= 0.3 is 0 Å². The van der Waals surface area contributed by atoms with Crippen molar-refractivity contribution in [2.24, 2.45) is 0 Å². The van der Waals surface area contributed by atoms with Crippen LogP contribution in [0.1, 0.15) is 27.9 Å². The molecule has 1 saturated heterocycles. The summed E-state index contributed by atoms with van der Waals surface area (Å²) in [5, 5.41) is 0.499. The number of rotatable bonds is 5. The van der Waals surface area contributed by atoms with Gasteiger partial charge in [0.2, 0.25) is 12.7 Å². The second kappa shape index (κ2) is 8.83. The third-order valence-electron chi connectivity index (χ3n) is 5.90. The third-order valence-corrected chi connectivity index (χ3v) is 6.15. The maximum Gasteiger partial charge on any atom is 0.257 e. The van der Waals surface area contributed by atoms with E-state index in [-0.39, 0.29) is 31.6 Å². The number of ether oxygens (including phenoxy) is 2. The summed E-state index contributed by atoms with van der Waals surface area (Å²) in [5.74, 6) is 0.0583. The van der Waals surface area contributed by atoms with Crippen molar-refractivity contribution in [2.75, 3.05) is 11.7 Å². The molecule has 2 aliphatic heterocycles. The normalized spacial score (nSPS) is 16.8. The third kappa shape index (κ3) is 4.10. The van der Waals surface area contributed by atoms with Crippen molar-refractivity contribution >= 4 is 35.0 Å². The predicted molar refractivity (Wildman–Crippen MR) is 126 cm³/mol. The second-order valence-corrected chi connectivity index (χ2v) is 8.69. The molecule has 0 radical (unpaired) electrons. The van der Waals surface area contributed by atoms with Crippen molar-refractivity contribution in [3.63, 3.8) is 0 Å². The van der Waals surface area contributed by atoms with E-state index >= 15 is 0 Å². The minimum Gasteiger partial charge on any atom is -0.454 e. The molecule has 0 saturated carbocycles. The minimum absolute atomic E-state index is 0.108. The van der Waals surface area contributed by atoms with Crippen LogP contribution < -0.4 is 14.4 Å². The number of nitrogens with zero attached hydrogens (tertiary/aromatic N) is 2. The fourth-order valence-electron chi connectivity index (χ4n) is 4.22. The van der Waals surface area contributed by atoms with Crippen molar-refractivity contribution in [2.45, 2.75) is 25.9 Å². The first-order chi connectivity index (χ1) is 16.4. The number of benzene rings is 3. The van der Waals surface area contributed by atoms with E-state index in [0.29, 0.717) is 27.8 Å². The topological polar surface area (TPSA) is 76.2 Å². The lowest BCUT2D eigenvalue weighted by atomic mass is 10.1. The average Bonchev–Trinajstić information content (AvgIpc) is 3.41. The summed E-state index contributed by atoms with van der Waals surface area (Å²) < 4.78 is 10.8. The molecule has 1 unspecified atom stereocenters. The van der Waals surface area contributed by atoms with E-state index in [4.69, 9.17) is 21.1 Å². The molecule has 2 aliphatic rings. The number of aryl methyl sites for hydroxylation is 1. The zero-order chi connectivity index (χ0) is 23.8. The summed E-state index contributed by atoms with van der Waals surface area (Å²) in [5.41, 5.74) is 2.56. The molecule has 0 bridgehead atoms. The second-order valence-electron chi connectivity index (χ2n) is 8.25. The van der Waals surface area contributed by atoms with Crippen molar-refractivity contribution < 1.29 is 23.9 Å². The summed E-state index contributed by atoms with van der Waals surface area (Å²) in [7, 11) is 0.